The van der Waals surface area contributed by atoms with E-state index in [4.69, 9.17) is 4.74 Å². The standard InChI is InChI=1S/C12H17BrN2O/c1-7(2)8(3)16-11-6-10(13)14-12(15-11)9-4-5-9/h6-9H,4-5H2,1-3H3. The third-order valence-corrected chi connectivity index (χ3v) is 3.28. The summed E-state index contributed by atoms with van der Waals surface area (Å²) in [6.07, 6.45) is 2.58. The first-order chi connectivity index (χ1) is 7.56. The summed E-state index contributed by atoms with van der Waals surface area (Å²) in [6.45, 7) is 6.35. The van der Waals surface area contributed by atoms with Gasteiger partial charge in [-0.1, -0.05) is 13.8 Å². The van der Waals surface area contributed by atoms with Crippen molar-refractivity contribution in [3.05, 3.63) is 16.5 Å². The second kappa shape index (κ2) is 4.70. The quantitative estimate of drug-likeness (QED) is 0.794. The maximum atomic E-state index is 5.79. The fourth-order valence-electron chi connectivity index (χ4n) is 1.32. The van der Waals surface area contributed by atoms with Gasteiger partial charge < -0.3 is 4.74 Å². The Hall–Kier alpha value is -0.640. The molecule has 0 N–H and O–H groups in total. The van der Waals surface area contributed by atoms with E-state index in [1.807, 2.05) is 6.07 Å². The molecule has 16 heavy (non-hydrogen) atoms. The van der Waals surface area contributed by atoms with Crippen LogP contribution in [0, 0.1) is 5.92 Å². The van der Waals surface area contributed by atoms with Gasteiger partial charge in [0.15, 0.2) is 0 Å². The molecule has 0 saturated heterocycles. The molecule has 88 valence electrons. The Kier molecular flexibility index (Phi) is 3.47. The van der Waals surface area contributed by atoms with Gasteiger partial charge in [0.05, 0.1) is 6.10 Å². The second-order valence-electron chi connectivity index (χ2n) is 4.73. The summed E-state index contributed by atoms with van der Waals surface area (Å²) >= 11 is 3.40. The molecule has 0 aromatic carbocycles. The van der Waals surface area contributed by atoms with Crippen molar-refractivity contribution in [1.82, 2.24) is 9.97 Å². The van der Waals surface area contributed by atoms with Gasteiger partial charge in [0.25, 0.3) is 0 Å². The second-order valence-corrected chi connectivity index (χ2v) is 5.54. The first-order valence-corrected chi connectivity index (χ1v) is 6.56. The van der Waals surface area contributed by atoms with Crippen LogP contribution in [0.2, 0.25) is 0 Å². The first kappa shape index (κ1) is 11.8. The van der Waals surface area contributed by atoms with Gasteiger partial charge in [-0.25, -0.2) is 4.98 Å². The summed E-state index contributed by atoms with van der Waals surface area (Å²) in [7, 11) is 0. The van der Waals surface area contributed by atoms with Crippen LogP contribution in [-0.2, 0) is 0 Å². The monoisotopic (exact) mass is 284 g/mol. The largest absolute Gasteiger partial charge is 0.474 e. The minimum absolute atomic E-state index is 0.175. The molecule has 0 spiro atoms. The van der Waals surface area contributed by atoms with E-state index in [1.54, 1.807) is 0 Å². The minimum atomic E-state index is 0.175. The van der Waals surface area contributed by atoms with Gasteiger partial charge in [0.2, 0.25) is 5.88 Å². The van der Waals surface area contributed by atoms with Crippen LogP contribution in [0.25, 0.3) is 0 Å². The van der Waals surface area contributed by atoms with Gasteiger partial charge >= 0.3 is 0 Å². The van der Waals surface area contributed by atoms with Crippen LogP contribution in [0.4, 0.5) is 0 Å². The highest BCUT2D eigenvalue weighted by molar-refractivity contribution is 9.10. The zero-order chi connectivity index (χ0) is 11.7. The van der Waals surface area contributed by atoms with Crippen molar-refractivity contribution >= 4 is 15.9 Å². The minimum Gasteiger partial charge on any atom is -0.474 e. The fraction of sp³-hybridized carbons (Fsp3) is 0.667. The van der Waals surface area contributed by atoms with Crippen molar-refractivity contribution in [2.24, 2.45) is 5.92 Å². The van der Waals surface area contributed by atoms with E-state index in [9.17, 15) is 0 Å². The lowest BCUT2D eigenvalue weighted by Crippen LogP contribution is -2.19. The molecule has 1 heterocycles. The third kappa shape index (κ3) is 2.94. The van der Waals surface area contributed by atoms with Crippen LogP contribution in [0.1, 0.15) is 45.4 Å². The maximum absolute atomic E-state index is 5.79. The lowest BCUT2D eigenvalue weighted by atomic mass is 10.1. The molecule has 1 aromatic rings. The summed E-state index contributed by atoms with van der Waals surface area (Å²) in [4.78, 5) is 8.83. The van der Waals surface area contributed by atoms with Crippen LogP contribution < -0.4 is 4.74 Å². The molecule has 3 nitrogen and oxygen atoms in total. The highest BCUT2D eigenvalue weighted by atomic mass is 79.9. The van der Waals surface area contributed by atoms with Crippen LogP contribution in [0.3, 0.4) is 0 Å². The molecule has 0 aliphatic heterocycles. The molecule has 1 atom stereocenters. The lowest BCUT2D eigenvalue weighted by Gasteiger charge is -2.17. The molecule has 0 amide bonds. The average molecular weight is 285 g/mol. The van der Waals surface area contributed by atoms with Crippen LogP contribution in [0.5, 0.6) is 5.88 Å². The Balaban J connectivity index is 2.13. The molecular formula is C12H17BrN2O. The first-order valence-electron chi connectivity index (χ1n) is 5.77. The Morgan fingerprint density at radius 3 is 2.56 bits per heavy atom. The normalized spacial score (nSPS) is 17.6. The van der Waals surface area contributed by atoms with Crippen molar-refractivity contribution < 1.29 is 4.74 Å². The van der Waals surface area contributed by atoms with E-state index in [1.165, 1.54) is 12.8 Å². The number of aromatic nitrogens is 2. The SMILES string of the molecule is CC(C)C(C)Oc1cc(Br)nc(C2CC2)n1. The van der Waals surface area contributed by atoms with Crippen LogP contribution >= 0.6 is 15.9 Å². The summed E-state index contributed by atoms with van der Waals surface area (Å²) in [5.41, 5.74) is 0. The molecule has 0 bridgehead atoms. The Morgan fingerprint density at radius 1 is 1.31 bits per heavy atom. The van der Waals surface area contributed by atoms with Gasteiger partial charge in [-0.05, 0) is 41.6 Å². The van der Waals surface area contributed by atoms with Crippen molar-refractivity contribution in [2.45, 2.75) is 45.6 Å². The van der Waals surface area contributed by atoms with Gasteiger partial charge in [-0.2, -0.15) is 4.98 Å². The number of nitrogens with zero attached hydrogens (tertiary/aromatic N) is 2. The summed E-state index contributed by atoms with van der Waals surface area (Å²) in [5, 5.41) is 0. The molecular weight excluding hydrogens is 268 g/mol. The fourth-order valence-corrected chi connectivity index (χ4v) is 1.70. The molecule has 1 aliphatic rings. The summed E-state index contributed by atoms with van der Waals surface area (Å²) in [5.74, 6) is 2.64. The average Bonchev–Trinajstić information content (AvgIpc) is 2.99. The Bertz CT molecular complexity index is 377. The van der Waals surface area contributed by atoms with E-state index in [-0.39, 0.29) is 6.10 Å². The van der Waals surface area contributed by atoms with Crippen molar-refractivity contribution in [3.8, 4) is 5.88 Å². The lowest BCUT2D eigenvalue weighted by molar-refractivity contribution is 0.162. The van der Waals surface area contributed by atoms with Crippen molar-refractivity contribution in [1.29, 1.82) is 0 Å². The molecule has 1 unspecified atom stereocenters. The van der Waals surface area contributed by atoms with Crippen molar-refractivity contribution in [2.75, 3.05) is 0 Å². The topological polar surface area (TPSA) is 35.0 Å². The van der Waals surface area contributed by atoms with E-state index in [0.717, 1.165) is 10.4 Å². The smallest absolute Gasteiger partial charge is 0.218 e. The summed E-state index contributed by atoms with van der Waals surface area (Å²) < 4.78 is 6.61. The zero-order valence-corrected chi connectivity index (χ0v) is 11.5. The molecule has 0 radical (unpaired) electrons. The molecule has 1 aliphatic carbocycles. The van der Waals surface area contributed by atoms with E-state index < -0.39 is 0 Å². The highest BCUT2D eigenvalue weighted by Crippen LogP contribution is 2.39. The molecule has 2 rings (SSSR count). The number of hydrogen-bond donors (Lipinski definition) is 0. The van der Waals surface area contributed by atoms with E-state index in [0.29, 0.717) is 17.7 Å². The molecule has 1 saturated carbocycles. The van der Waals surface area contributed by atoms with Gasteiger partial charge in [0.1, 0.15) is 10.4 Å². The summed E-state index contributed by atoms with van der Waals surface area (Å²) in [6, 6.07) is 1.84. The molecule has 1 fully saturated rings. The third-order valence-electron chi connectivity index (χ3n) is 2.88. The van der Waals surface area contributed by atoms with Gasteiger partial charge in [0, 0.05) is 12.0 Å². The molecule has 1 aromatic heterocycles. The number of hydrogen-bond acceptors (Lipinski definition) is 3. The number of ether oxygens (including phenoxy) is 1. The molecule has 4 heteroatoms. The van der Waals surface area contributed by atoms with E-state index >= 15 is 0 Å². The Labute approximate surface area is 105 Å². The predicted molar refractivity (Wildman–Crippen MR) is 66.6 cm³/mol. The van der Waals surface area contributed by atoms with Gasteiger partial charge in [-0.3, -0.25) is 0 Å². The van der Waals surface area contributed by atoms with Crippen LogP contribution in [-0.4, -0.2) is 16.1 Å². The predicted octanol–water partition coefficient (Wildman–Crippen LogP) is 3.54. The number of rotatable bonds is 4. The Morgan fingerprint density at radius 2 is 2.00 bits per heavy atom. The van der Waals surface area contributed by atoms with Gasteiger partial charge in [-0.15, -0.1) is 0 Å². The van der Waals surface area contributed by atoms with E-state index in [2.05, 4.69) is 46.7 Å². The van der Waals surface area contributed by atoms with Crippen molar-refractivity contribution in [3.63, 3.8) is 0 Å². The zero-order valence-electron chi connectivity index (χ0n) is 9.90. The maximum Gasteiger partial charge on any atom is 0.218 e. The highest BCUT2D eigenvalue weighted by Gasteiger charge is 2.27. The van der Waals surface area contributed by atoms with Crippen LogP contribution in [0.15, 0.2) is 10.7 Å². The number of halogens is 1.